The highest BCUT2D eigenvalue weighted by Crippen LogP contribution is 2.12. The third-order valence-corrected chi connectivity index (χ3v) is 2.57. The van der Waals surface area contributed by atoms with Gasteiger partial charge in [0.05, 0.1) is 12.2 Å². The Bertz CT molecular complexity index is 610. The van der Waals surface area contributed by atoms with Gasteiger partial charge in [-0.3, -0.25) is 0 Å². The summed E-state index contributed by atoms with van der Waals surface area (Å²) in [6.07, 6.45) is 1.19. The van der Waals surface area contributed by atoms with Crippen LogP contribution in [0.5, 0.6) is 0 Å². The van der Waals surface area contributed by atoms with E-state index in [0.29, 0.717) is 11.4 Å². The Labute approximate surface area is 120 Å². The fourth-order valence-electron chi connectivity index (χ4n) is 1.56. The summed E-state index contributed by atoms with van der Waals surface area (Å²) in [5.41, 5.74) is 0.331. The van der Waals surface area contributed by atoms with Crippen molar-refractivity contribution in [1.29, 1.82) is 0 Å². The monoisotopic (exact) mass is 293 g/mol. The highest BCUT2D eigenvalue weighted by atomic mass is 16.6. The number of nitrogens with zero attached hydrogens (tertiary/aromatic N) is 3. The molecule has 0 aliphatic rings. The molecule has 1 aromatic carbocycles. The van der Waals surface area contributed by atoms with Gasteiger partial charge in [0.1, 0.15) is 12.7 Å². The van der Waals surface area contributed by atoms with Crippen LogP contribution in [0.25, 0.3) is 0 Å². The van der Waals surface area contributed by atoms with E-state index < -0.39 is 10.9 Å². The molecule has 0 saturated carbocycles. The zero-order valence-electron chi connectivity index (χ0n) is 11.3. The summed E-state index contributed by atoms with van der Waals surface area (Å²) >= 11 is 0. The number of imidazole rings is 1. The topological polar surface area (TPSA) is 118 Å². The van der Waals surface area contributed by atoms with Crippen molar-refractivity contribution in [3.05, 3.63) is 58.0 Å². The molecule has 2 N–H and O–H groups in total. The van der Waals surface area contributed by atoms with E-state index in [1.807, 2.05) is 0 Å². The summed E-state index contributed by atoms with van der Waals surface area (Å²) in [7, 11) is 0. The van der Waals surface area contributed by atoms with Crippen LogP contribution < -0.4 is 0 Å². The predicted molar refractivity (Wildman–Crippen MR) is 74.1 cm³/mol. The fraction of sp³-hybridized carbons (Fsp3) is 0.231. The second-order valence-corrected chi connectivity index (χ2v) is 3.97. The highest BCUT2D eigenvalue weighted by molar-refractivity contribution is 5.87. The van der Waals surface area contributed by atoms with Crippen LogP contribution in [0.3, 0.4) is 0 Å². The number of nitro groups is 1. The summed E-state index contributed by atoms with van der Waals surface area (Å²) in [6, 6.07) is 8.30. The van der Waals surface area contributed by atoms with Crippen LogP contribution >= 0.6 is 0 Å². The standard InChI is InChI=1S/C7H6O2.C6H9N3O3/c8-7(9)6-4-2-1-3-5-6;1-5-7-4-6(9(11)12)8(5)2-3-10/h1-5H,(H,8,9);4,10H,2-3H2,1H3. The van der Waals surface area contributed by atoms with Crippen molar-refractivity contribution in [1.82, 2.24) is 9.55 Å². The van der Waals surface area contributed by atoms with Gasteiger partial charge < -0.3 is 20.3 Å². The molecule has 2 aromatic rings. The first-order chi connectivity index (χ1) is 9.97. The molecule has 8 nitrogen and oxygen atoms in total. The molecular weight excluding hydrogens is 278 g/mol. The highest BCUT2D eigenvalue weighted by Gasteiger charge is 2.15. The van der Waals surface area contributed by atoms with Gasteiger partial charge in [-0.05, 0) is 17.1 Å². The van der Waals surface area contributed by atoms with Crippen molar-refractivity contribution >= 4 is 11.8 Å². The zero-order chi connectivity index (χ0) is 15.8. The number of aryl methyl sites for hydroxylation is 1. The van der Waals surface area contributed by atoms with Crippen molar-refractivity contribution in [2.24, 2.45) is 0 Å². The van der Waals surface area contributed by atoms with Gasteiger partial charge in [-0.25, -0.2) is 14.3 Å². The van der Waals surface area contributed by atoms with Crippen LogP contribution in [0, 0.1) is 17.0 Å². The van der Waals surface area contributed by atoms with Crippen molar-refractivity contribution in [3.8, 4) is 0 Å². The van der Waals surface area contributed by atoms with Crippen molar-refractivity contribution in [2.75, 3.05) is 6.61 Å². The van der Waals surface area contributed by atoms with Crippen molar-refractivity contribution in [2.45, 2.75) is 13.5 Å². The van der Waals surface area contributed by atoms with Crippen LogP contribution in [0.4, 0.5) is 5.82 Å². The first kappa shape index (κ1) is 16.3. The molecule has 0 saturated heterocycles. The lowest BCUT2D eigenvalue weighted by Gasteiger charge is -1.98. The summed E-state index contributed by atoms with van der Waals surface area (Å²) in [4.78, 5) is 23.8. The lowest BCUT2D eigenvalue weighted by molar-refractivity contribution is -0.392. The predicted octanol–water partition coefficient (Wildman–Crippen LogP) is 1.48. The van der Waals surface area contributed by atoms with Crippen LogP contribution in [0.2, 0.25) is 0 Å². The molecule has 0 amide bonds. The molecule has 0 radical (unpaired) electrons. The Kier molecular flexibility index (Phi) is 6.02. The fourth-order valence-corrected chi connectivity index (χ4v) is 1.56. The van der Waals surface area contributed by atoms with E-state index in [2.05, 4.69) is 4.98 Å². The number of carboxylic acid groups (broad SMARTS) is 1. The number of benzene rings is 1. The van der Waals surface area contributed by atoms with Crippen LogP contribution in [0.15, 0.2) is 36.5 Å². The zero-order valence-corrected chi connectivity index (χ0v) is 11.3. The minimum absolute atomic E-state index is 0.0819. The summed E-state index contributed by atoms with van der Waals surface area (Å²) in [5.74, 6) is -0.423. The first-order valence-electron chi connectivity index (χ1n) is 6.03. The number of hydrogen-bond acceptors (Lipinski definition) is 5. The van der Waals surface area contributed by atoms with Crippen LogP contribution in [0.1, 0.15) is 16.2 Å². The molecule has 1 heterocycles. The number of aromatic carboxylic acids is 1. The molecule has 0 aliphatic carbocycles. The minimum atomic E-state index is -0.879. The quantitative estimate of drug-likeness (QED) is 0.651. The maximum atomic E-state index is 10.4. The maximum Gasteiger partial charge on any atom is 0.342 e. The molecule has 21 heavy (non-hydrogen) atoms. The van der Waals surface area contributed by atoms with Gasteiger partial charge in [0, 0.05) is 6.92 Å². The number of carbonyl (C=O) groups is 1. The van der Waals surface area contributed by atoms with Gasteiger partial charge in [-0.1, -0.05) is 18.2 Å². The summed E-state index contributed by atoms with van der Waals surface area (Å²) in [5, 5.41) is 27.4. The van der Waals surface area contributed by atoms with E-state index >= 15 is 0 Å². The van der Waals surface area contributed by atoms with Gasteiger partial charge >= 0.3 is 11.8 Å². The van der Waals surface area contributed by atoms with E-state index in [0.717, 1.165) is 0 Å². The Morgan fingerprint density at radius 3 is 2.43 bits per heavy atom. The number of carboxylic acids is 1. The molecule has 8 heteroatoms. The molecule has 0 aliphatic heterocycles. The molecule has 1 aromatic heterocycles. The smallest absolute Gasteiger partial charge is 0.342 e. The van der Waals surface area contributed by atoms with Gasteiger partial charge in [-0.15, -0.1) is 0 Å². The Morgan fingerprint density at radius 2 is 2.00 bits per heavy atom. The summed E-state index contributed by atoms with van der Waals surface area (Å²) in [6.45, 7) is 1.74. The lowest BCUT2D eigenvalue weighted by Crippen LogP contribution is -2.07. The van der Waals surface area contributed by atoms with E-state index in [1.165, 1.54) is 10.8 Å². The number of hydrogen-bond donors (Lipinski definition) is 2. The third-order valence-electron chi connectivity index (χ3n) is 2.57. The molecule has 0 atom stereocenters. The second-order valence-electron chi connectivity index (χ2n) is 3.97. The Hall–Kier alpha value is -2.74. The SMILES string of the molecule is Cc1ncc([N+](=O)[O-])n1CCO.O=C(O)c1ccccc1. The van der Waals surface area contributed by atoms with Crippen molar-refractivity contribution < 1.29 is 19.9 Å². The third kappa shape index (κ3) is 4.69. The van der Waals surface area contributed by atoms with Gasteiger partial charge in [-0.2, -0.15) is 0 Å². The maximum absolute atomic E-state index is 10.4. The molecule has 0 fully saturated rings. The van der Waals surface area contributed by atoms with Gasteiger partial charge in [0.15, 0.2) is 5.82 Å². The normalized spacial score (nSPS) is 9.62. The number of aliphatic hydroxyl groups excluding tert-OH is 1. The number of aromatic nitrogens is 2. The van der Waals surface area contributed by atoms with Crippen LogP contribution in [-0.2, 0) is 6.54 Å². The number of aliphatic hydroxyl groups is 1. The minimum Gasteiger partial charge on any atom is -0.478 e. The molecule has 2 rings (SSSR count). The first-order valence-corrected chi connectivity index (χ1v) is 6.03. The number of rotatable bonds is 4. The van der Waals surface area contributed by atoms with E-state index in [4.69, 9.17) is 10.2 Å². The van der Waals surface area contributed by atoms with E-state index in [1.54, 1.807) is 37.3 Å². The van der Waals surface area contributed by atoms with Gasteiger partial charge in [0.2, 0.25) is 0 Å². The molecule has 112 valence electrons. The molecule has 0 unspecified atom stereocenters. The van der Waals surface area contributed by atoms with Crippen molar-refractivity contribution in [3.63, 3.8) is 0 Å². The average Bonchev–Trinajstić information content (AvgIpc) is 2.83. The van der Waals surface area contributed by atoms with E-state index in [-0.39, 0.29) is 19.0 Å². The average molecular weight is 293 g/mol. The lowest BCUT2D eigenvalue weighted by atomic mass is 10.2. The Balaban J connectivity index is 0.000000219. The van der Waals surface area contributed by atoms with Gasteiger partial charge in [0.25, 0.3) is 0 Å². The molecule has 0 bridgehead atoms. The van der Waals surface area contributed by atoms with Crippen LogP contribution in [-0.4, -0.2) is 37.3 Å². The molecule has 0 spiro atoms. The second kappa shape index (κ2) is 7.75. The van der Waals surface area contributed by atoms with E-state index in [9.17, 15) is 14.9 Å². The Morgan fingerprint density at radius 1 is 1.38 bits per heavy atom. The largest absolute Gasteiger partial charge is 0.478 e. The molecular formula is C13H15N3O5. The summed E-state index contributed by atoms with van der Waals surface area (Å²) < 4.78 is 1.36.